The number of rotatable bonds is 5. The predicted octanol–water partition coefficient (Wildman–Crippen LogP) is 4.22. The number of thiophene rings is 1. The number of aliphatic hydroxyl groups excluding tert-OH is 1. The van der Waals surface area contributed by atoms with E-state index in [0.717, 1.165) is 12.0 Å². The summed E-state index contributed by atoms with van der Waals surface area (Å²) in [5.41, 5.74) is 2.34. The van der Waals surface area contributed by atoms with Crippen LogP contribution in [0.3, 0.4) is 0 Å². The van der Waals surface area contributed by atoms with Gasteiger partial charge >= 0.3 is 0 Å². The molecule has 0 fully saturated rings. The van der Waals surface area contributed by atoms with E-state index in [1.54, 1.807) is 11.3 Å². The van der Waals surface area contributed by atoms with Gasteiger partial charge in [0.2, 0.25) is 0 Å². The third-order valence-electron chi connectivity index (χ3n) is 2.95. The van der Waals surface area contributed by atoms with Crippen LogP contribution in [0.15, 0.2) is 41.8 Å². The Morgan fingerprint density at radius 2 is 1.94 bits per heavy atom. The van der Waals surface area contributed by atoms with Crippen molar-refractivity contribution in [1.82, 2.24) is 0 Å². The van der Waals surface area contributed by atoms with Crippen LogP contribution in [-0.2, 0) is 12.8 Å². The first-order valence-corrected chi connectivity index (χ1v) is 7.32. The zero-order valence-electron chi connectivity index (χ0n) is 11.0. The molecular formula is C16H20OS. The average Bonchev–Trinajstić information content (AvgIpc) is 2.81. The molecule has 0 radical (unpaired) electrons. The van der Waals surface area contributed by atoms with Gasteiger partial charge in [-0.2, -0.15) is 0 Å². The first kappa shape index (κ1) is 13.3. The Morgan fingerprint density at radius 1 is 1.11 bits per heavy atom. The first-order chi connectivity index (χ1) is 8.65. The minimum atomic E-state index is -0.393. The first-order valence-electron chi connectivity index (χ1n) is 6.44. The van der Waals surface area contributed by atoms with Crippen molar-refractivity contribution >= 4 is 11.3 Å². The molecule has 1 unspecified atom stereocenters. The molecule has 1 atom stereocenters. The van der Waals surface area contributed by atoms with Crippen LogP contribution in [0.1, 0.15) is 36.0 Å². The molecule has 0 aliphatic rings. The molecule has 0 spiro atoms. The highest BCUT2D eigenvalue weighted by molar-refractivity contribution is 7.09. The highest BCUT2D eigenvalue weighted by Gasteiger charge is 2.10. The molecule has 0 aliphatic heterocycles. The second kappa shape index (κ2) is 6.17. The fourth-order valence-electron chi connectivity index (χ4n) is 2.14. The van der Waals surface area contributed by atoms with Gasteiger partial charge in [0.1, 0.15) is 0 Å². The Hall–Kier alpha value is -1.12. The number of benzene rings is 1. The topological polar surface area (TPSA) is 20.2 Å². The fraction of sp³-hybridized carbons (Fsp3) is 0.375. The van der Waals surface area contributed by atoms with Crippen LogP contribution in [0.5, 0.6) is 0 Å². The SMILES string of the molecule is CC(C)Cc1cccc(C(O)Cc2cccs2)c1. The summed E-state index contributed by atoms with van der Waals surface area (Å²) < 4.78 is 0. The minimum absolute atomic E-state index is 0.393. The number of aliphatic hydroxyl groups is 1. The molecule has 2 aromatic rings. The van der Waals surface area contributed by atoms with Gasteiger partial charge < -0.3 is 5.11 Å². The summed E-state index contributed by atoms with van der Waals surface area (Å²) in [5.74, 6) is 0.648. The molecule has 1 nitrogen and oxygen atoms in total. The Bertz CT molecular complexity index is 474. The molecule has 2 heteroatoms. The van der Waals surface area contributed by atoms with Gasteiger partial charge in [0.25, 0.3) is 0 Å². The van der Waals surface area contributed by atoms with Gasteiger partial charge in [0.15, 0.2) is 0 Å². The molecule has 2 rings (SSSR count). The molecule has 0 bridgehead atoms. The lowest BCUT2D eigenvalue weighted by Crippen LogP contribution is -2.02. The van der Waals surface area contributed by atoms with Gasteiger partial charge in [-0.05, 0) is 34.9 Å². The zero-order chi connectivity index (χ0) is 13.0. The zero-order valence-corrected chi connectivity index (χ0v) is 11.8. The van der Waals surface area contributed by atoms with Crippen LogP contribution < -0.4 is 0 Å². The quantitative estimate of drug-likeness (QED) is 0.853. The summed E-state index contributed by atoms with van der Waals surface area (Å²) >= 11 is 1.70. The fourth-order valence-corrected chi connectivity index (χ4v) is 2.88. The summed E-state index contributed by atoms with van der Waals surface area (Å²) in [6.45, 7) is 4.43. The van der Waals surface area contributed by atoms with Gasteiger partial charge in [0, 0.05) is 11.3 Å². The molecule has 18 heavy (non-hydrogen) atoms. The van der Waals surface area contributed by atoms with Gasteiger partial charge in [-0.25, -0.2) is 0 Å². The lowest BCUT2D eigenvalue weighted by atomic mass is 9.98. The predicted molar refractivity (Wildman–Crippen MR) is 78.0 cm³/mol. The Morgan fingerprint density at radius 3 is 2.61 bits per heavy atom. The Labute approximate surface area is 113 Å². The minimum Gasteiger partial charge on any atom is -0.388 e. The molecular weight excluding hydrogens is 240 g/mol. The van der Waals surface area contributed by atoms with Crippen molar-refractivity contribution < 1.29 is 5.11 Å². The summed E-state index contributed by atoms with van der Waals surface area (Å²) in [6.07, 6.45) is 1.39. The average molecular weight is 260 g/mol. The maximum Gasteiger partial charge on any atom is 0.0838 e. The Balaban J connectivity index is 2.07. The number of hydrogen-bond donors (Lipinski definition) is 1. The van der Waals surface area contributed by atoms with E-state index < -0.39 is 6.10 Å². The third kappa shape index (κ3) is 3.69. The van der Waals surface area contributed by atoms with E-state index in [0.29, 0.717) is 12.3 Å². The van der Waals surface area contributed by atoms with Crippen LogP contribution in [0.25, 0.3) is 0 Å². The van der Waals surface area contributed by atoms with E-state index in [1.165, 1.54) is 10.4 Å². The molecule has 0 amide bonds. The van der Waals surface area contributed by atoms with Crippen LogP contribution in [-0.4, -0.2) is 5.11 Å². The molecule has 1 aromatic heterocycles. The lowest BCUT2D eigenvalue weighted by molar-refractivity contribution is 0.179. The third-order valence-corrected chi connectivity index (χ3v) is 3.85. The van der Waals surface area contributed by atoms with Crippen LogP contribution >= 0.6 is 11.3 Å². The summed E-state index contributed by atoms with van der Waals surface area (Å²) in [6, 6.07) is 12.4. The highest BCUT2D eigenvalue weighted by atomic mass is 32.1. The van der Waals surface area contributed by atoms with Crippen LogP contribution in [0, 0.1) is 5.92 Å². The molecule has 1 aromatic carbocycles. The smallest absolute Gasteiger partial charge is 0.0838 e. The van der Waals surface area contributed by atoms with Crippen LogP contribution in [0.2, 0.25) is 0 Å². The maximum atomic E-state index is 10.3. The summed E-state index contributed by atoms with van der Waals surface area (Å²) in [5, 5.41) is 12.3. The molecule has 0 saturated heterocycles. The van der Waals surface area contributed by atoms with Gasteiger partial charge in [0.05, 0.1) is 6.10 Å². The van der Waals surface area contributed by atoms with Crippen molar-refractivity contribution in [1.29, 1.82) is 0 Å². The second-order valence-corrected chi connectivity index (χ2v) is 6.17. The van der Waals surface area contributed by atoms with Crippen molar-refractivity contribution in [3.63, 3.8) is 0 Å². The van der Waals surface area contributed by atoms with E-state index in [4.69, 9.17) is 0 Å². The van der Waals surface area contributed by atoms with Crippen molar-refractivity contribution in [2.24, 2.45) is 5.92 Å². The van der Waals surface area contributed by atoms with Gasteiger partial charge in [-0.1, -0.05) is 44.2 Å². The monoisotopic (exact) mass is 260 g/mol. The molecule has 0 saturated carbocycles. The molecule has 1 heterocycles. The van der Waals surface area contributed by atoms with Gasteiger partial charge in [-0.15, -0.1) is 11.3 Å². The van der Waals surface area contributed by atoms with Crippen molar-refractivity contribution in [2.45, 2.75) is 32.8 Å². The van der Waals surface area contributed by atoms with Gasteiger partial charge in [-0.3, -0.25) is 0 Å². The molecule has 1 N–H and O–H groups in total. The van der Waals surface area contributed by atoms with E-state index >= 15 is 0 Å². The van der Waals surface area contributed by atoms with Crippen molar-refractivity contribution in [3.8, 4) is 0 Å². The highest BCUT2D eigenvalue weighted by Crippen LogP contribution is 2.22. The van der Waals surface area contributed by atoms with Crippen molar-refractivity contribution in [3.05, 3.63) is 57.8 Å². The van der Waals surface area contributed by atoms with Crippen molar-refractivity contribution in [2.75, 3.05) is 0 Å². The summed E-state index contributed by atoms with van der Waals surface area (Å²) in [4.78, 5) is 1.23. The largest absolute Gasteiger partial charge is 0.388 e. The normalized spacial score (nSPS) is 12.9. The molecule has 96 valence electrons. The Kier molecular flexibility index (Phi) is 4.56. The second-order valence-electron chi connectivity index (χ2n) is 5.14. The van der Waals surface area contributed by atoms with E-state index in [1.807, 2.05) is 18.2 Å². The standard InChI is InChI=1S/C16H20OS/c1-12(2)9-13-5-3-6-14(10-13)16(17)11-15-7-4-8-18-15/h3-8,10,12,16-17H,9,11H2,1-2H3. The van der Waals surface area contributed by atoms with Crippen LogP contribution in [0.4, 0.5) is 0 Å². The van der Waals surface area contributed by atoms with E-state index in [9.17, 15) is 5.11 Å². The van der Waals surface area contributed by atoms with E-state index in [-0.39, 0.29) is 0 Å². The molecule has 0 aliphatic carbocycles. The number of hydrogen-bond acceptors (Lipinski definition) is 2. The maximum absolute atomic E-state index is 10.3. The lowest BCUT2D eigenvalue weighted by Gasteiger charge is -2.12. The van der Waals surface area contributed by atoms with E-state index in [2.05, 4.69) is 37.4 Å². The summed E-state index contributed by atoms with van der Waals surface area (Å²) in [7, 11) is 0.